The molecule has 0 aliphatic heterocycles. The number of hydrogen-bond acceptors (Lipinski definition) is 15. The molecular formula is C79H148O17P2. The van der Waals surface area contributed by atoms with Crippen LogP contribution in [-0.2, 0) is 65.4 Å². The van der Waals surface area contributed by atoms with Crippen LogP contribution in [0, 0.1) is 0 Å². The third-order valence-corrected chi connectivity index (χ3v) is 19.6. The van der Waals surface area contributed by atoms with E-state index in [9.17, 15) is 43.2 Å². The van der Waals surface area contributed by atoms with Crippen molar-refractivity contribution in [3.8, 4) is 0 Å². The molecule has 0 radical (unpaired) electrons. The summed E-state index contributed by atoms with van der Waals surface area (Å²) in [6.45, 7) is 1.30. The molecule has 98 heavy (non-hydrogen) atoms. The number of phosphoric acid groups is 2. The standard InChI is InChI=1S/C79H148O17P2/c1-2-3-4-5-6-7-8-21-28-35-42-49-56-63-79(84)92-73-78(91-69-62-55-48-41-34-27-20-14-11-17-24-31-38-45-52-59-66-82)75-96-98(87,88)94-71-76(83)70-93-97(85,86)95-74-77(90-68-61-54-47-40-33-26-19-13-10-16-23-30-37-44-51-58-65-81)72-89-67-60-53-46-39-32-25-18-12-9-15-22-29-36-43-50-57-64-80/h9-11,15-17,64-66,76-78,83H,2-8,12-14,18-63,67-75H2,1H3,(H,85,86)(H,87,88)/b15-9-,16-10-,17-11-/t76-,77-,78-/m1/s1. The zero-order chi connectivity index (χ0) is 71.3. The molecule has 2 unspecified atom stereocenters. The maximum absolute atomic E-state index is 13.1. The maximum Gasteiger partial charge on any atom is 0.472 e. The van der Waals surface area contributed by atoms with Gasteiger partial charge in [0.25, 0.3) is 0 Å². The summed E-state index contributed by atoms with van der Waals surface area (Å²) in [6.07, 6.45) is 74.5. The van der Waals surface area contributed by atoms with Crippen LogP contribution >= 0.6 is 15.6 Å². The fraction of sp³-hybridized carbons (Fsp3) is 0.873. The van der Waals surface area contributed by atoms with Crippen LogP contribution in [0.5, 0.6) is 0 Å². The first kappa shape index (κ1) is 95.8. The van der Waals surface area contributed by atoms with Crippen LogP contribution in [0.3, 0.4) is 0 Å². The summed E-state index contributed by atoms with van der Waals surface area (Å²) in [7, 11) is -9.51. The lowest BCUT2D eigenvalue weighted by Gasteiger charge is -2.21. The van der Waals surface area contributed by atoms with Crippen LogP contribution in [0.1, 0.15) is 366 Å². The quantitative estimate of drug-likeness (QED) is 0.0169. The fourth-order valence-corrected chi connectivity index (χ4v) is 13.0. The Morgan fingerprint density at radius 2 is 0.571 bits per heavy atom. The predicted octanol–water partition coefficient (Wildman–Crippen LogP) is 22.1. The van der Waals surface area contributed by atoms with Crippen molar-refractivity contribution in [2.45, 2.75) is 385 Å². The van der Waals surface area contributed by atoms with Crippen molar-refractivity contribution in [1.29, 1.82) is 0 Å². The monoisotopic (exact) mass is 1430 g/mol. The van der Waals surface area contributed by atoms with E-state index in [1.54, 1.807) is 0 Å². The zero-order valence-electron chi connectivity index (χ0n) is 62.3. The van der Waals surface area contributed by atoms with Gasteiger partial charge in [0.1, 0.15) is 43.8 Å². The molecule has 0 spiro atoms. The first-order valence-corrected chi connectivity index (χ1v) is 43.1. The van der Waals surface area contributed by atoms with Crippen molar-refractivity contribution in [3.63, 3.8) is 0 Å². The Hall–Kier alpha value is -2.24. The van der Waals surface area contributed by atoms with Crippen molar-refractivity contribution in [1.82, 2.24) is 0 Å². The van der Waals surface area contributed by atoms with Crippen molar-refractivity contribution in [2.75, 3.05) is 59.5 Å². The third-order valence-electron chi connectivity index (χ3n) is 17.7. The van der Waals surface area contributed by atoms with E-state index in [0.717, 1.165) is 199 Å². The Bertz CT molecular complexity index is 1900. The summed E-state index contributed by atoms with van der Waals surface area (Å²) in [5, 5.41) is 10.7. The number of ether oxygens (including phenoxy) is 4. The molecule has 0 heterocycles. The van der Waals surface area contributed by atoms with Gasteiger partial charge in [-0.25, -0.2) is 9.13 Å². The Kier molecular flexibility index (Phi) is 75.6. The molecule has 17 nitrogen and oxygen atoms in total. The lowest BCUT2D eigenvalue weighted by Crippen LogP contribution is -2.28. The molecule has 0 aliphatic carbocycles. The SMILES string of the molecule is CCCCCCCCCCCCCCCC(=O)OC[C@H](COP(=O)(O)OC[C@H](O)COP(=O)(O)OC[C@@H](COCCCCCCCCC/C=C\CCCCCCC=O)OCCCCCCCCC/C=C\CCCCCCC=O)OCCCCCCCCC/C=C\CCCCCCC=O. The van der Waals surface area contributed by atoms with E-state index < -0.39 is 53.8 Å². The minimum atomic E-state index is -4.79. The smallest absolute Gasteiger partial charge is 0.463 e. The van der Waals surface area contributed by atoms with Gasteiger partial charge in [-0.1, -0.05) is 255 Å². The van der Waals surface area contributed by atoms with Gasteiger partial charge in [0.2, 0.25) is 0 Å². The van der Waals surface area contributed by atoms with Crippen LogP contribution in [0.25, 0.3) is 0 Å². The van der Waals surface area contributed by atoms with Gasteiger partial charge < -0.3 is 48.2 Å². The van der Waals surface area contributed by atoms with Crippen molar-refractivity contribution < 1.29 is 80.2 Å². The highest BCUT2D eigenvalue weighted by Gasteiger charge is 2.29. The molecule has 0 fully saturated rings. The number of phosphoric ester groups is 2. The number of rotatable bonds is 83. The molecule has 5 atom stereocenters. The number of aldehydes is 3. The lowest BCUT2D eigenvalue weighted by atomic mass is 10.0. The molecule has 0 bridgehead atoms. The highest BCUT2D eigenvalue weighted by molar-refractivity contribution is 7.47. The summed E-state index contributed by atoms with van der Waals surface area (Å²) < 4.78 is 70.7. The van der Waals surface area contributed by atoms with E-state index in [1.165, 1.54) is 154 Å². The van der Waals surface area contributed by atoms with Gasteiger partial charge in [-0.2, -0.15) is 0 Å². The number of aliphatic hydroxyl groups excluding tert-OH is 1. The number of esters is 1. The van der Waals surface area contributed by atoms with Gasteiger partial charge in [-0.15, -0.1) is 0 Å². The Morgan fingerprint density at radius 1 is 0.316 bits per heavy atom. The van der Waals surface area contributed by atoms with Gasteiger partial charge in [0, 0.05) is 45.5 Å². The number of hydrogen-bond donors (Lipinski definition) is 3. The van der Waals surface area contributed by atoms with Crippen LogP contribution in [0.2, 0.25) is 0 Å². The fourth-order valence-electron chi connectivity index (χ4n) is 11.5. The largest absolute Gasteiger partial charge is 0.472 e. The molecule has 0 aromatic heterocycles. The van der Waals surface area contributed by atoms with E-state index in [4.69, 9.17) is 37.0 Å². The number of carbonyl (C=O) groups excluding carboxylic acids is 4. The lowest BCUT2D eigenvalue weighted by molar-refractivity contribution is -0.149. The van der Waals surface area contributed by atoms with E-state index in [2.05, 4.69) is 43.4 Å². The van der Waals surface area contributed by atoms with E-state index >= 15 is 0 Å². The Labute approximate surface area is 598 Å². The molecule has 0 aliphatic rings. The minimum absolute atomic E-state index is 0.160. The topological polar surface area (TPSA) is 237 Å². The Morgan fingerprint density at radius 3 is 0.888 bits per heavy atom. The van der Waals surface area contributed by atoms with Gasteiger partial charge in [-0.3, -0.25) is 22.9 Å². The summed E-state index contributed by atoms with van der Waals surface area (Å²) >= 11 is 0. The molecule has 0 saturated carbocycles. The first-order valence-electron chi connectivity index (χ1n) is 40.1. The molecule has 0 aromatic rings. The van der Waals surface area contributed by atoms with Crippen LogP contribution in [0.4, 0.5) is 0 Å². The predicted molar refractivity (Wildman–Crippen MR) is 401 cm³/mol. The highest BCUT2D eigenvalue weighted by Crippen LogP contribution is 2.45. The number of carbonyl (C=O) groups is 4. The molecule has 0 aromatic carbocycles. The average molecular weight is 1430 g/mol. The maximum atomic E-state index is 13.1. The third kappa shape index (κ3) is 76.4. The number of unbranched alkanes of at least 4 members (excludes halogenated alkanes) is 48. The molecular weight excluding hydrogens is 1280 g/mol. The van der Waals surface area contributed by atoms with Crippen molar-refractivity contribution >= 4 is 40.5 Å². The van der Waals surface area contributed by atoms with Gasteiger partial charge in [0.15, 0.2) is 0 Å². The van der Waals surface area contributed by atoms with Gasteiger partial charge in [-0.05, 0) is 122 Å². The van der Waals surface area contributed by atoms with Gasteiger partial charge in [0.05, 0.1) is 33.0 Å². The number of aliphatic hydroxyl groups is 1. The second kappa shape index (κ2) is 77.4. The summed E-state index contributed by atoms with van der Waals surface area (Å²) in [6, 6.07) is 0. The molecule has 576 valence electrons. The van der Waals surface area contributed by atoms with E-state index in [1.807, 2.05) is 0 Å². The molecule has 0 rings (SSSR count). The van der Waals surface area contributed by atoms with Crippen molar-refractivity contribution in [3.05, 3.63) is 36.5 Å². The van der Waals surface area contributed by atoms with Gasteiger partial charge >= 0.3 is 21.6 Å². The van der Waals surface area contributed by atoms with Crippen LogP contribution in [-0.4, -0.2) is 117 Å². The summed E-state index contributed by atoms with van der Waals surface area (Å²) in [5.41, 5.74) is 0. The Balaban J connectivity index is 5.10. The van der Waals surface area contributed by atoms with Crippen LogP contribution in [0.15, 0.2) is 36.5 Å². The molecule has 3 N–H and O–H groups in total. The van der Waals surface area contributed by atoms with E-state index in [-0.39, 0.29) is 32.2 Å². The average Bonchev–Trinajstić information content (AvgIpc) is 1.28. The van der Waals surface area contributed by atoms with Crippen molar-refractivity contribution in [2.24, 2.45) is 0 Å². The summed E-state index contributed by atoms with van der Waals surface area (Å²) in [4.78, 5) is 65.5. The second-order valence-electron chi connectivity index (χ2n) is 27.2. The second-order valence-corrected chi connectivity index (χ2v) is 30.1. The molecule has 19 heteroatoms. The molecule has 0 amide bonds. The first-order chi connectivity index (χ1) is 48.0. The minimum Gasteiger partial charge on any atom is -0.463 e. The summed E-state index contributed by atoms with van der Waals surface area (Å²) in [5.74, 6) is -0.368. The normalized spacial score (nSPS) is 14.2. The van der Waals surface area contributed by atoms with E-state index in [0.29, 0.717) is 39.1 Å². The molecule has 0 saturated heterocycles. The van der Waals surface area contributed by atoms with Crippen LogP contribution < -0.4 is 0 Å². The highest BCUT2D eigenvalue weighted by atomic mass is 31.2. The number of allylic oxidation sites excluding steroid dienone is 6. The zero-order valence-corrected chi connectivity index (χ0v) is 64.1.